The molecule has 2 aromatic rings. The van der Waals surface area contributed by atoms with Gasteiger partial charge in [-0.25, -0.2) is 0 Å². The van der Waals surface area contributed by atoms with Crippen molar-refractivity contribution in [3.05, 3.63) is 40.1 Å². The van der Waals surface area contributed by atoms with E-state index in [2.05, 4.69) is 5.16 Å². The number of aldehydes is 1. The molecule has 18 heavy (non-hydrogen) atoms. The van der Waals surface area contributed by atoms with E-state index in [1.807, 2.05) is 19.1 Å². The van der Waals surface area contributed by atoms with Crippen LogP contribution in [0, 0.1) is 6.92 Å². The second-order valence-corrected chi connectivity index (χ2v) is 5.04. The van der Waals surface area contributed by atoms with E-state index in [-0.39, 0.29) is 0 Å². The molecule has 1 aliphatic carbocycles. The summed E-state index contributed by atoms with van der Waals surface area (Å²) in [5.74, 6) is 1.06. The van der Waals surface area contributed by atoms with Gasteiger partial charge in [-0.05, 0) is 31.4 Å². The van der Waals surface area contributed by atoms with E-state index < -0.39 is 0 Å². The van der Waals surface area contributed by atoms with E-state index in [9.17, 15) is 4.79 Å². The Morgan fingerprint density at radius 1 is 1.44 bits per heavy atom. The third-order valence-corrected chi connectivity index (χ3v) is 3.60. The zero-order chi connectivity index (χ0) is 12.7. The predicted molar refractivity (Wildman–Crippen MR) is 69.0 cm³/mol. The summed E-state index contributed by atoms with van der Waals surface area (Å²) >= 11 is 6.20. The average Bonchev–Trinajstić information content (AvgIpc) is 3.10. The molecule has 3 nitrogen and oxygen atoms in total. The summed E-state index contributed by atoms with van der Waals surface area (Å²) in [6.07, 6.45) is 2.95. The summed E-state index contributed by atoms with van der Waals surface area (Å²) in [6.45, 7) is 1.95. The summed E-state index contributed by atoms with van der Waals surface area (Å²) in [4.78, 5) is 11.3. The van der Waals surface area contributed by atoms with E-state index in [1.54, 1.807) is 6.07 Å². The first kappa shape index (κ1) is 11.5. The Balaban J connectivity index is 2.19. The average molecular weight is 262 g/mol. The second kappa shape index (κ2) is 4.25. The van der Waals surface area contributed by atoms with Crippen LogP contribution < -0.4 is 0 Å². The highest BCUT2D eigenvalue weighted by Crippen LogP contribution is 2.44. The Morgan fingerprint density at radius 3 is 2.83 bits per heavy atom. The number of carbonyl (C=O) groups excluding carboxylic acids is 1. The molecule has 0 atom stereocenters. The normalized spacial score (nSPS) is 14.8. The van der Waals surface area contributed by atoms with Crippen molar-refractivity contribution in [1.82, 2.24) is 5.16 Å². The SMILES string of the molecule is Cc1cccc(Cl)c1-c1noc(C2CC2)c1C=O. The van der Waals surface area contributed by atoms with Gasteiger partial charge in [0.25, 0.3) is 0 Å². The Hall–Kier alpha value is -1.61. The first-order valence-electron chi connectivity index (χ1n) is 5.92. The third-order valence-electron chi connectivity index (χ3n) is 3.28. The van der Waals surface area contributed by atoms with Gasteiger partial charge in [0.05, 0.1) is 10.6 Å². The fourth-order valence-corrected chi connectivity index (χ4v) is 2.49. The maximum Gasteiger partial charge on any atom is 0.155 e. The summed E-state index contributed by atoms with van der Waals surface area (Å²) in [5, 5.41) is 4.64. The van der Waals surface area contributed by atoms with E-state index in [1.165, 1.54) is 0 Å². The number of hydrogen-bond donors (Lipinski definition) is 0. The van der Waals surface area contributed by atoms with Crippen LogP contribution in [0.25, 0.3) is 11.3 Å². The lowest BCUT2D eigenvalue weighted by molar-refractivity contribution is 0.112. The summed E-state index contributed by atoms with van der Waals surface area (Å²) in [7, 11) is 0. The number of hydrogen-bond acceptors (Lipinski definition) is 3. The van der Waals surface area contributed by atoms with Gasteiger partial charge in [0, 0.05) is 11.5 Å². The first-order chi connectivity index (χ1) is 8.72. The van der Waals surface area contributed by atoms with Crippen LogP contribution >= 0.6 is 11.6 Å². The first-order valence-corrected chi connectivity index (χ1v) is 6.30. The van der Waals surface area contributed by atoms with Crippen molar-refractivity contribution in [3.8, 4) is 11.3 Å². The largest absolute Gasteiger partial charge is 0.360 e. The predicted octanol–water partition coefficient (Wildman–Crippen LogP) is 3.99. The fourth-order valence-electron chi connectivity index (χ4n) is 2.18. The molecule has 0 bridgehead atoms. The van der Waals surface area contributed by atoms with Gasteiger partial charge in [-0.3, -0.25) is 4.79 Å². The zero-order valence-corrected chi connectivity index (χ0v) is 10.7. The van der Waals surface area contributed by atoms with E-state index in [4.69, 9.17) is 16.1 Å². The minimum atomic E-state index is 0.356. The number of aromatic nitrogens is 1. The molecule has 1 saturated carbocycles. The highest BCUT2D eigenvalue weighted by Gasteiger charge is 2.33. The van der Waals surface area contributed by atoms with Gasteiger partial charge in [-0.2, -0.15) is 0 Å². The van der Waals surface area contributed by atoms with Crippen molar-refractivity contribution in [2.45, 2.75) is 25.7 Å². The molecule has 3 rings (SSSR count). The lowest BCUT2D eigenvalue weighted by Gasteiger charge is -2.05. The Labute approximate surface area is 110 Å². The van der Waals surface area contributed by atoms with Crippen molar-refractivity contribution in [2.24, 2.45) is 0 Å². The molecule has 1 aromatic heterocycles. The molecular weight excluding hydrogens is 250 g/mol. The molecule has 4 heteroatoms. The van der Waals surface area contributed by atoms with Crippen LogP contribution in [0.3, 0.4) is 0 Å². The molecule has 0 spiro atoms. The van der Waals surface area contributed by atoms with E-state index in [0.29, 0.717) is 28.0 Å². The van der Waals surface area contributed by atoms with Crippen molar-refractivity contribution < 1.29 is 9.32 Å². The van der Waals surface area contributed by atoms with Crippen LogP contribution in [0.5, 0.6) is 0 Å². The number of rotatable bonds is 3. The number of nitrogens with zero attached hydrogens (tertiary/aromatic N) is 1. The topological polar surface area (TPSA) is 43.1 Å². The minimum Gasteiger partial charge on any atom is -0.360 e. The van der Waals surface area contributed by atoms with Crippen LogP contribution in [-0.4, -0.2) is 11.4 Å². The van der Waals surface area contributed by atoms with E-state index in [0.717, 1.165) is 30.3 Å². The Bertz CT molecular complexity index is 594. The summed E-state index contributed by atoms with van der Waals surface area (Å²) in [6, 6.07) is 5.62. The van der Waals surface area contributed by atoms with Crippen LogP contribution in [0.4, 0.5) is 0 Å². The molecule has 0 saturated heterocycles. The monoisotopic (exact) mass is 261 g/mol. The van der Waals surface area contributed by atoms with Crippen LogP contribution in [0.2, 0.25) is 5.02 Å². The van der Waals surface area contributed by atoms with Crippen molar-refractivity contribution in [2.75, 3.05) is 0 Å². The zero-order valence-electron chi connectivity index (χ0n) is 9.94. The standard InChI is InChI=1S/C14H12ClNO2/c1-8-3-2-4-11(15)12(8)13-10(7-17)14(18-16-13)9-5-6-9/h2-4,7,9H,5-6H2,1H3. The molecule has 1 heterocycles. The third kappa shape index (κ3) is 1.75. The van der Waals surface area contributed by atoms with Gasteiger partial charge in [0.1, 0.15) is 5.69 Å². The lowest BCUT2D eigenvalue weighted by Crippen LogP contribution is -1.91. The van der Waals surface area contributed by atoms with Crippen molar-refractivity contribution >= 4 is 17.9 Å². The molecule has 1 aliphatic rings. The quantitative estimate of drug-likeness (QED) is 0.785. The summed E-state index contributed by atoms with van der Waals surface area (Å²) < 4.78 is 5.34. The molecule has 0 unspecified atom stereocenters. The smallest absolute Gasteiger partial charge is 0.155 e. The number of aryl methyl sites for hydroxylation is 1. The molecule has 1 aromatic carbocycles. The lowest BCUT2D eigenvalue weighted by atomic mass is 10.0. The van der Waals surface area contributed by atoms with Gasteiger partial charge in [0.2, 0.25) is 0 Å². The van der Waals surface area contributed by atoms with Crippen LogP contribution in [0.1, 0.15) is 40.4 Å². The van der Waals surface area contributed by atoms with Crippen LogP contribution in [0.15, 0.2) is 22.7 Å². The number of benzene rings is 1. The molecule has 0 radical (unpaired) electrons. The van der Waals surface area contributed by atoms with Gasteiger partial charge in [0.15, 0.2) is 12.0 Å². The van der Waals surface area contributed by atoms with Gasteiger partial charge in [-0.1, -0.05) is 28.9 Å². The minimum absolute atomic E-state index is 0.356. The highest BCUT2D eigenvalue weighted by atomic mass is 35.5. The maximum atomic E-state index is 11.3. The molecule has 1 fully saturated rings. The van der Waals surface area contributed by atoms with E-state index >= 15 is 0 Å². The molecule has 0 aliphatic heterocycles. The molecule has 0 amide bonds. The van der Waals surface area contributed by atoms with Crippen molar-refractivity contribution in [1.29, 1.82) is 0 Å². The van der Waals surface area contributed by atoms with Gasteiger partial charge >= 0.3 is 0 Å². The molecular formula is C14H12ClNO2. The fraction of sp³-hybridized carbons (Fsp3) is 0.286. The van der Waals surface area contributed by atoms with Crippen LogP contribution in [-0.2, 0) is 0 Å². The molecule has 92 valence electrons. The highest BCUT2D eigenvalue weighted by molar-refractivity contribution is 6.33. The van der Waals surface area contributed by atoms with Crippen molar-refractivity contribution in [3.63, 3.8) is 0 Å². The summed E-state index contributed by atoms with van der Waals surface area (Å²) in [5.41, 5.74) is 2.89. The van der Waals surface area contributed by atoms with Gasteiger partial charge < -0.3 is 4.52 Å². The number of halogens is 1. The van der Waals surface area contributed by atoms with Gasteiger partial charge in [-0.15, -0.1) is 0 Å². The molecule has 0 N–H and O–H groups in total. The Morgan fingerprint density at radius 2 is 2.22 bits per heavy atom. The Kier molecular flexibility index (Phi) is 2.71. The maximum absolute atomic E-state index is 11.3. The second-order valence-electron chi connectivity index (χ2n) is 4.63. The number of carbonyl (C=O) groups is 1.